The molecule has 0 rings (SSSR count). The van der Waals surface area contributed by atoms with Crippen LogP contribution in [0.2, 0.25) is 0 Å². The minimum absolute atomic E-state index is 0.238. The molecule has 2 heteroatoms. The summed E-state index contributed by atoms with van der Waals surface area (Å²) in [5.74, 6) is -0.629. The van der Waals surface area contributed by atoms with Gasteiger partial charge in [-0.3, -0.25) is 4.79 Å². The lowest BCUT2D eigenvalue weighted by Crippen LogP contribution is -2.52. The van der Waals surface area contributed by atoms with Gasteiger partial charge in [0.25, 0.3) is 0 Å². The standard InChI is InChI=1S/C20H40O2/c1-8-9-10-11-12-13-14-15-16-20(17(21)22,18(2,3)4)19(5,6)7/h8-16H2,1-7H3,(H,21,22). The van der Waals surface area contributed by atoms with Crippen LogP contribution in [0, 0.1) is 16.2 Å². The molecular formula is C20H40O2. The van der Waals surface area contributed by atoms with E-state index in [4.69, 9.17) is 0 Å². The second-order valence-electron chi connectivity index (χ2n) is 8.94. The topological polar surface area (TPSA) is 37.3 Å². The summed E-state index contributed by atoms with van der Waals surface area (Å²) in [5, 5.41) is 9.99. The molecule has 0 amide bonds. The number of carboxylic acids is 1. The van der Waals surface area contributed by atoms with Gasteiger partial charge in [-0.1, -0.05) is 99.8 Å². The summed E-state index contributed by atoms with van der Waals surface area (Å²) in [6.45, 7) is 14.7. The third-order valence-electron chi connectivity index (χ3n) is 5.33. The summed E-state index contributed by atoms with van der Waals surface area (Å²) in [7, 11) is 0. The van der Waals surface area contributed by atoms with Crippen LogP contribution in [0.25, 0.3) is 0 Å². The molecule has 22 heavy (non-hydrogen) atoms. The van der Waals surface area contributed by atoms with Crippen LogP contribution in [0.5, 0.6) is 0 Å². The van der Waals surface area contributed by atoms with Crippen LogP contribution >= 0.6 is 0 Å². The summed E-state index contributed by atoms with van der Waals surface area (Å²) < 4.78 is 0. The van der Waals surface area contributed by atoms with E-state index in [1.807, 2.05) is 0 Å². The fourth-order valence-electron chi connectivity index (χ4n) is 4.15. The van der Waals surface area contributed by atoms with E-state index in [9.17, 15) is 9.90 Å². The van der Waals surface area contributed by atoms with Crippen molar-refractivity contribution < 1.29 is 9.90 Å². The van der Waals surface area contributed by atoms with Crippen LogP contribution in [-0.4, -0.2) is 11.1 Å². The van der Waals surface area contributed by atoms with Gasteiger partial charge in [0.15, 0.2) is 0 Å². The lowest BCUT2D eigenvalue weighted by Gasteiger charge is -2.50. The number of hydrogen-bond acceptors (Lipinski definition) is 1. The number of hydrogen-bond donors (Lipinski definition) is 1. The molecule has 0 atom stereocenters. The number of carboxylic acid groups (broad SMARTS) is 1. The maximum absolute atomic E-state index is 12.2. The third kappa shape index (κ3) is 5.59. The predicted octanol–water partition coefficient (Wildman–Crippen LogP) is 6.68. The van der Waals surface area contributed by atoms with E-state index >= 15 is 0 Å². The molecule has 0 bridgehead atoms. The molecule has 132 valence electrons. The average molecular weight is 313 g/mol. The van der Waals surface area contributed by atoms with E-state index in [-0.39, 0.29) is 10.8 Å². The van der Waals surface area contributed by atoms with Crippen molar-refractivity contribution in [2.45, 2.75) is 106 Å². The van der Waals surface area contributed by atoms with Crippen molar-refractivity contribution in [3.05, 3.63) is 0 Å². The van der Waals surface area contributed by atoms with Gasteiger partial charge < -0.3 is 5.11 Å². The zero-order valence-electron chi connectivity index (χ0n) is 16.2. The van der Waals surface area contributed by atoms with Crippen LogP contribution in [-0.2, 0) is 4.79 Å². The molecule has 0 aromatic heterocycles. The Morgan fingerprint density at radius 3 is 1.41 bits per heavy atom. The Hall–Kier alpha value is -0.530. The Morgan fingerprint density at radius 2 is 1.09 bits per heavy atom. The SMILES string of the molecule is CCCCCCCCCCC(C(=O)O)(C(C)(C)C)C(C)(C)C. The first kappa shape index (κ1) is 21.5. The Morgan fingerprint density at radius 1 is 0.727 bits per heavy atom. The van der Waals surface area contributed by atoms with Gasteiger partial charge in [-0.25, -0.2) is 0 Å². The van der Waals surface area contributed by atoms with Crippen molar-refractivity contribution in [3.63, 3.8) is 0 Å². The maximum atomic E-state index is 12.2. The summed E-state index contributed by atoms with van der Waals surface area (Å²) in [5.41, 5.74) is -1.14. The second kappa shape index (κ2) is 8.93. The highest BCUT2D eigenvalue weighted by atomic mass is 16.4. The Bertz CT molecular complexity index is 304. The van der Waals surface area contributed by atoms with E-state index in [0.717, 1.165) is 19.3 Å². The number of carbonyl (C=O) groups is 1. The van der Waals surface area contributed by atoms with Crippen LogP contribution in [0.15, 0.2) is 0 Å². The molecule has 2 nitrogen and oxygen atoms in total. The van der Waals surface area contributed by atoms with Gasteiger partial charge in [-0.2, -0.15) is 0 Å². The smallest absolute Gasteiger partial charge is 0.310 e. The van der Waals surface area contributed by atoms with Gasteiger partial charge in [-0.15, -0.1) is 0 Å². The second-order valence-corrected chi connectivity index (χ2v) is 8.94. The van der Waals surface area contributed by atoms with E-state index in [0.29, 0.717) is 0 Å². The van der Waals surface area contributed by atoms with Gasteiger partial charge in [0.2, 0.25) is 0 Å². The molecule has 0 aliphatic carbocycles. The van der Waals surface area contributed by atoms with Crippen LogP contribution < -0.4 is 0 Å². The molecule has 0 unspecified atom stereocenters. The average Bonchev–Trinajstić information content (AvgIpc) is 2.33. The molecular weight excluding hydrogens is 272 g/mol. The van der Waals surface area contributed by atoms with Crippen molar-refractivity contribution in [1.29, 1.82) is 0 Å². The van der Waals surface area contributed by atoms with Crippen LogP contribution in [0.4, 0.5) is 0 Å². The Balaban J connectivity index is 4.55. The van der Waals surface area contributed by atoms with Gasteiger partial charge in [0.05, 0.1) is 5.41 Å². The first-order valence-electron chi connectivity index (χ1n) is 9.24. The first-order chi connectivity index (χ1) is 10.0. The normalized spacial score (nSPS) is 13.4. The van der Waals surface area contributed by atoms with Gasteiger partial charge in [0, 0.05) is 0 Å². The van der Waals surface area contributed by atoms with Crippen molar-refractivity contribution in [1.82, 2.24) is 0 Å². The first-order valence-corrected chi connectivity index (χ1v) is 9.24. The van der Waals surface area contributed by atoms with E-state index in [1.165, 1.54) is 38.5 Å². The van der Waals surface area contributed by atoms with Gasteiger partial charge >= 0.3 is 5.97 Å². The Labute approximate surface area is 139 Å². The summed E-state index contributed by atoms with van der Waals surface area (Å²) in [4.78, 5) is 12.2. The Kier molecular flexibility index (Phi) is 8.72. The molecule has 0 saturated heterocycles. The van der Waals surface area contributed by atoms with Crippen molar-refractivity contribution in [2.75, 3.05) is 0 Å². The molecule has 0 spiro atoms. The minimum atomic E-state index is -0.664. The van der Waals surface area contributed by atoms with E-state index in [2.05, 4.69) is 48.5 Å². The highest BCUT2D eigenvalue weighted by Crippen LogP contribution is 2.55. The summed E-state index contributed by atoms with van der Waals surface area (Å²) in [6.07, 6.45) is 10.8. The molecule has 0 aromatic rings. The molecule has 0 aromatic carbocycles. The maximum Gasteiger partial charge on any atom is 0.310 e. The van der Waals surface area contributed by atoms with Crippen molar-refractivity contribution in [3.8, 4) is 0 Å². The summed E-state index contributed by atoms with van der Waals surface area (Å²) >= 11 is 0. The summed E-state index contributed by atoms with van der Waals surface area (Å²) in [6, 6.07) is 0. The lowest BCUT2D eigenvalue weighted by atomic mass is 9.52. The highest BCUT2D eigenvalue weighted by Gasteiger charge is 2.55. The van der Waals surface area contributed by atoms with Crippen LogP contribution in [0.3, 0.4) is 0 Å². The van der Waals surface area contributed by atoms with Gasteiger partial charge in [-0.05, 0) is 17.3 Å². The zero-order valence-corrected chi connectivity index (χ0v) is 16.2. The number of unbranched alkanes of at least 4 members (excludes halogenated alkanes) is 7. The molecule has 1 N–H and O–H groups in total. The number of rotatable bonds is 10. The van der Waals surface area contributed by atoms with Crippen molar-refractivity contribution >= 4 is 5.97 Å². The third-order valence-corrected chi connectivity index (χ3v) is 5.33. The van der Waals surface area contributed by atoms with E-state index < -0.39 is 11.4 Å². The molecule has 0 radical (unpaired) electrons. The highest BCUT2D eigenvalue weighted by molar-refractivity contribution is 5.76. The largest absolute Gasteiger partial charge is 0.481 e. The quantitative estimate of drug-likeness (QED) is 0.457. The minimum Gasteiger partial charge on any atom is -0.481 e. The molecule has 0 aliphatic rings. The zero-order chi connectivity index (χ0) is 17.4. The fourth-order valence-corrected chi connectivity index (χ4v) is 4.15. The molecule has 0 heterocycles. The van der Waals surface area contributed by atoms with Crippen LogP contribution in [0.1, 0.15) is 106 Å². The van der Waals surface area contributed by atoms with Gasteiger partial charge in [0.1, 0.15) is 0 Å². The molecule has 0 aliphatic heterocycles. The van der Waals surface area contributed by atoms with Crippen molar-refractivity contribution in [2.24, 2.45) is 16.2 Å². The monoisotopic (exact) mass is 312 g/mol. The fraction of sp³-hybridized carbons (Fsp3) is 0.950. The molecule has 0 saturated carbocycles. The number of aliphatic carboxylic acids is 1. The van der Waals surface area contributed by atoms with E-state index in [1.54, 1.807) is 0 Å². The molecule has 0 fully saturated rings. The predicted molar refractivity (Wildman–Crippen MR) is 96.2 cm³/mol. The lowest BCUT2D eigenvalue weighted by molar-refractivity contribution is -0.170.